The van der Waals surface area contributed by atoms with Crippen molar-refractivity contribution in [3.8, 4) is 27.4 Å². The number of hydrogen-bond acceptors (Lipinski definition) is 13. The third-order valence-corrected chi connectivity index (χ3v) is 20.7. The topological polar surface area (TPSA) is 264 Å². The highest BCUT2D eigenvalue weighted by atomic mass is 35.5. The van der Waals surface area contributed by atoms with Crippen molar-refractivity contribution in [1.82, 2.24) is 54.8 Å². The first-order valence-electron chi connectivity index (χ1n) is 31.7. The molecule has 4 saturated heterocycles. The van der Waals surface area contributed by atoms with Gasteiger partial charge >= 0.3 is 5.97 Å². The Bertz CT molecular complexity index is 4290. The number of aliphatic carboxylic acids is 1. The number of carboxylic acid groups (broad SMARTS) is 1. The Morgan fingerprint density at radius 3 is 2.30 bits per heavy atom. The molecule has 0 spiro atoms. The van der Waals surface area contributed by atoms with E-state index in [1.807, 2.05) is 76.5 Å². The average molecular weight is 1300 g/mol. The summed E-state index contributed by atoms with van der Waals surface area (Å²) in [6.07, 6.45) is 6.31. The fourth-order valence-corrected chi connectivity index (χ4v) is 15.5. The Kier molecular flexibility index (Phi) is 17.7. The van der Waals surface area contributed by atoms with E-state index in [-0.39, 0.29) is 80.3 Å². The van der Waals surface area contributed by atoms with Gasteiger partial charge in [0, 0.05) is 106 Å². The molecule has 0 radical (unpaired) electrons. The Morgan fingerprint density at radius 1 is 0.763 bits per heavy atom. The highest BCUT2D eigenvalue weighted by Gasteiger charge is 2.52. The maximum Gasteiger partial charge on any atom is 0.322 e. The van der Waals surface area contributed by atoms with E-state index in [4.69, 9.17) is 31.5 Å². The molecule has 5 aliphatic rings. The first-order chi connectivity index (χ1) is 45.0. The van der Waals surface area contributed by atoms with Gasteiger partial charge in [-0.3, -0.25) is 47.7 Å². The van der Waals surface area contributed by atoms with Crippen LogP contribution in [-0.4, -0.2) is 167 Å². The van der Waals surface area contributed by atoms with Crippen LogP contribution in [-0.2, 0) is 51.9 Å². The van der Waals surface area contributed by atoms with Crippen LogP contribution in [0.2, 0.25) is 5.02 Å². The van der Waals surface area contributed by atoms with Crippen LogP contribution in [0.15, 0.2) is 103 Å². The van der Waals surface area contributed by atoms with Crippen molar-refractivity contribution in [1.29, 1.82) is 0 Å². The Balaban J connectivity index is 0.681. The summed E-state index contributed by atoms with van der Waals surface area (Å²) < 4.78 is 27.3. The second-order valence-corrected chi connectivity index (χ2v) is 26.3. The number of carbonyl (C=O) groups excluding carboxylic acids is 7. The minimum Gasteiger partial charge on any atom is -0.480 e. The molecule has 5 aliphatic heterocycles. The summed E-state index contributed by atoms with van der Waals surface area (Å²) in [5, 5.41) is 28.4. The summed E-state index contributed by atoms with van der Waals surface area (Å²) in [5.74, 6) is -4.21. The van der Waals surface area contributed by atoms with Crippen LogP contribution in [0.4, 0.5) is 10.1 Å². The zero-order valence-corrected chi connectivity index (χ0v) is 52.9. The number of ether oxygens (including phenoxy) is 1. The second-order valence-electron chi connectivity index (χ2n) is 24.9. The highest BCUT2D eigenvalue weighted by Crippen LogP contribution is 2.44. The monoisotopic (exact) mass is 1300 g/mol. The first kappa shape index (κ1) is 62.5. The number of anilines is 1. The molecule has 3 atom stereocenters. The fraction of sp³-hybridized carbons (Fsp3) is 0.397. The lowest BCUT2D eigenvalue weighted by Gasteiger charge is -2.44. The van der Waals surface area contributed by atoms with Crippen LogP contribution >= 0.6 is 22.9 Å². The number of aromatic nitrogens is 5. The summed E-state index contributed by atoms with van der Waals surface area (Å²) >= 11 is 8.05. The van der Waals surface area contributed by atoms with E-state index in [0.29, 0.717) is 138 Å². The van der Waals surface area contributed by atoms with Gasteiger partial charge in [-0.2, -0.15) is 10.2 Å². The van der Waals surface area contributed by atoms with E-state index in [0.717, 1.165) is 27.7 Å². The molecule has 3 aromatic heterocycles. The Morgan fingerprint density at radius 2 is 1.49 bits per heavy atom. The number of amides is 7. The number of hydrogen-bond donors (Lipinski definition) is 4. The van der Waals surface area contributed by atoms with Crippen molar-refractivity contribution in [3.63, 3.8) is 0 Å². The van der Waals surface area contributed by atoms with Crippen molar-refractivity contribution in [2.24, 2.45) is 13.0 Å². The first-order valence-corrected chi connectivity index (χ1v) is 32.9. The van der Waals surface area contributed by atoms with E-state index in [2.05, 4.69) is 21.0 Å². The van der Waals surface area contributed by atoms with E-state index in [9.17, 15) is 33.6 Å². The van der Waals surface area contributed by atoms with E-state index < -0.39 is 54.3 Å². The number of piperidine rings is 2. The number of nitrogens with one attached hydrogen (secondary N) is 3. The van der Waals surface area contributed by atoms with Crippen LogP contribution in [0.3, 0.4) is 0 Å². The number of benzene rings is 5. The van der Waals surface area contributed by atoms with Crippen molar-refractivity contribution in [2.45, 2.75) is 101 Å². The molecule has 4 fully saturated rings. The SMILES string of the molecule is Cn1ncc2cc(F)c(-c3cccc4c3c(C3CCN(C(=O)CC5CCCN(C(=O)[C@@H]6CCCN6C(=O)C6(Oc7ccccc7-c7nc8cccc(Cl)c8s7)CCN(C(=O)[C@H]7CC(=O)Nc8ccccc87)CC6)CC5)CC3)nn4CC(=O)NCC(=O)NCC(=O)O)cc21. The number of likely N-dealkylation sites (tertiary alicyclic amines) is 4. The number of halogens is 2. The molecule has 22 nitrogen and oxygen atoms in total. The molecule has 0 saturated carbocycles. The summed E-state index contributed by atoms with van der Waals surface area (Å²) in [6.45, 7) is 1.11. The van der Waals surface area contributed by atoms with Crippen LogP contribution in [0.5, 0.6) is 5.75 Å². The van der Waals surface area contributed by atoms with Crippen LogP contribution in [0.25, 0.3) is 53.7 Å². The molecular formula is C68H70ClFN12O10S. The number of fused-ring (bicyclic) bond motifs is 4. The maximum atomic E-state index is 16.2. The molecule has 7 amide bonds. The number of aryl methyl sites for hydroxylation is 1. The molecule has 0 aliphatic carbocycles. The van der Waals surface area contributed by atoms with Gasteiger partial charge in [-0.1, -0.05) is 60.1 Å². The smallest absolute Gasteiger partial charge is 0.322 e. The summed E-state index contributed by atoms with van der Waals surface area (Å²) in [4.78, 5) is 121. The molecule has 1 unspecified atom stereocenters. The molecule has 482 valence electrons. The maximum absolute atomic E-state index is 16.2. The number of carboxylic acids is 1. The molecule has 25 heteroatoms. The van der Waals surface area contributed by atoms with Gasteiger partial charge in [0.1, 0.15) is 35.7 Å². The molecule has 8 heterocycles. The summed E-state index contributed by atoms with van der Waals surface area (Å²) in [5.41, 5.74) is 4.11. The lowest BCUT2D eigenvalue weighted by atomic mass is 9.85. The van der Waals surface area contributed by atoms with Crippen molar-refractivity contribution >= 4 is 108 Å². The molecule has 93 heavy (non-hydrogen) atoms. The average Bonchev–Trinajstić information content (AvgIpc) is 1.60. The van der Waals surface area contributed by atoms with Gasteiger partial charge in [-0.15, -0.1) is 11.3 Å². The van der Waals surface area contributed by atoms with Gasteiger partial charge in [-0.05, 0) is 111 Å². The van der Waals surface area contributed by atoms with E-state index >= 15 is 9.18 Å². The fourth-order valence-electron chi connectivity index (χ4n) is 14.3. The Hall–Kier alpha value is -9.29. The van der Waals surface area contributed by atoms with E-state index in [1.54, 1.807) is 52.0 Å². The molecule has 13 rings (SSSR count). The number of thiazole rings is 1. The zero-order chi connectivity index (χ0) is 64.7. The molecule has 8 aromatic rings. The van der Waals surface area contributed by atoms with Crippen molar-refractivity contribution in [2.75, 3.05) is 64.2 Å². The third kappa shape index (κ3) is 12.7. The van der Waals surface area contributed by atoms with Gasteiger partial charge in [-0.25, -0.2) is 9.37 Å². The molecule has 0 bridgehead atoms. The zero-order valence-electron chi connectivity index (χ0n) is 51.3. The van der Waals surface area contributed by atoms with Crippen molar-refractivity contribution in [3.05, 3.63) is 125 Å². The van der Waals surface area contributed by atoms with Crippen molar-refractivity contribution < 1.29 is 52.6 Å². The highest BCUT2D eigenvalue weighted by molar-refractivity contribution is 7.22. The number of rotatable bonds is 16. The van der Waals surface area contributed by atoms with E-state index in [1.165, 1.54) is 22.1 Å². The molecule has 5 aromatic carbocycles. The summed E-state index contributed by atoms with van der Waals surface area (Å²) in [7, 11) is 1.78. The predicted octanol–water partition coefficient (Wildman–Crippen LogP) is 8.26. The normalized spacial score (nSPS) is 19.3. The van der Waals surface area contributed by atoms with Crippen LogP contribution in [0, 0.1) is 11.7 Å². The van der Waals surface area contributed by atoms with Crippen LogP contribution in [0.1, 0.15) is 93.7 Å². The van der Waals surface area contributed by atoms with Gasteiger partial charge < -0.3 is 45.4 Å². The largest absolute Gasteiger partial charge is 0.480 e. The minimum absolute atomic E-state index is 0.00390. The van der Waals surface area contributed by atoms with Crippen LogP contribution < -0.4 is 20.7 Å². The van der Waals surface area contributed by atoms with Gasteiger partial charge in [0.2, 0.25) is 35.4 Å². The lowest BCUT2D eigenvalue weighted by molar-refractivity contribution is -0.160. The summed E-state index contributed by atoms with van der Waals surface area (Å²) in [6, 6.07) is 28.2. The molecular weight excluding hydrogens is 1230 g/mol. The predicted molar refractivity (Wildman–Crippen MR) is 347 cm³/mol. The number of nitrogens with zero attached hydrogens (tertiary/aromatic N) is 9. The van der Waals surface area contributed by atoms with Gasteiger partial charge in [0.25, 0.3) is 5.91 Å². The Labute approximate surface area is 543 Å². The van der Waals surface area contributed by atoms with Gasteiger partial charge in [0.05, 0.1) is 56.2 Å². The minimum atomic E-state index is -1.48. The standard InChI is InChI=1S/C68H70ClFN12O10S/c1-77-54-34-46(49(70)33-42(54)36-73-77)44-13-6-17-52-61(44)62(76-82(52)39-58(85)71-37-57(84)72-38-60(87)88)41-21-28-78(29-22-41)59(86)32-40-10-8-25-79(27-20-40)66(90)53-18-9-26-81(53)67(91)68(92-55-19-5-3-12-45(55)64-75-51-16-7-14-48(69)63(51)93-64)23-30-80(31-24-68)65(89)47-35-56(83)74-50-15-4-2-11-43(47)50/h2-7,11-17,19,33-34,36,40-41,47,53H,8-10,18,20-32,35,37-39H2,1H3,(H,71,85)(H,72,84)(H,74,83)(H,87,88)/t40?,47-,53-/m0/s1. The number of para-hydroxylation sites is 2. The quantitative estimate of drug-likeness (QED) is 0.0711. The second kappa shape index (κ2) is 26.4. The molecule has 4 N–H and O–H groups in total. The van der Waals surface area contributed by atoms with Gasteiger partial charge in [0.15, 0.2) is 5.60 Å². The third-order valence-electron chi connectivity index (χ3n) is 19.1. The number of carbonyl (C=O) groups is 8. The lowest BCUT2D eigenvalue weighted by Crippen LogP contribution is -2.61.